The Balaban J connectivity index is 1.82. The Bertz CT molecular complexity index is 1140. The lowest BCUT2D eigenvalue weighted by atomic mass is 9.95. The third-order valence-electron chi connectivity index (χ3n) is 4.73. The van der Waals surface area contributed by atoms with E-state index in [9.17, 15) is 18.4 Å². The number of para-hydroxylation sites is 1. The molecule has 1 aromatic carbocycles. The number of aromatic amines is 1. The van der Waals surface area contributed by atoms with Crippen LogP contribution >= 0.6 is 11.6 Å². The van der Waals surface area contributed by atoms with E-state index < -0.39 is 11.9 Å². The maximum atomic E-state index is 13.6. The normalized spacial score (nSPS) is 14.3. The molecule has 3 aromatic rings. The van der Waals surface area contributed by atoms with Crippen LogP contribution in [0, 0.1) is 11.3 Å². The first-order chi connectivity index (χ1) is 14.4. The minimum absolute atomic E-state index is 0.0735. The zero-order chi connectivity index (χ0) is 21.3. The van der Waals surface area contributed by atoms with Gasteiger partial charge < -0.3 is 5.32 Å². The molecule has 30 heavy (non-hydrogen) atoms. The Morgan fingerprint density at radius 2 is 2.10 bits per heavy atom. The Labute approximate surface area is 173 Å². The van der Waals surface area contributed by atoms with E-state index in [1.807, 2.05) is 6.07 Å². The van der Waals surface area contributed by atoms with Crippen LogP contribution in [0.3, 0.4) is 0 Å². The van der Waals surface area contributed by atoms with Crippen LogP contribution in [-0.4, -0.2) is 30.4 Å². The van der Waals surface area contributed by atoms with Crippen molar-refractivity contribution < 1.29 is 13.2 Å². The van der Waals surface area contributed by atoms with Crippen LogP contribution in [0.1, 0.15) is 35.6 Å². The fourth-order valence-corrected chi connectivity index (χ4v) is 3.69. The third kappa shape index (κ3) is 3.61. The van der Waals surface area contributed by atoms with Gasteiger partial charge in [-0.2, -0.15) is 28.7 Å². The lowest BCUT2D eigenvalue weighted by molar-refractivity contribution is -0.142. The number of tetrazole rings is 1. The van der Waals surface area contributed by atoms with Gasteiger partial charge in [0, 0.05) is 17.5 Å². The van der Waals surface area contributed by atoms with E-state index in [0.717, 1.165) is 6.42 Å². The van der Waals surface area contributed by atoms with Gasteiger partial charge in [0.25, 0.3) is 0 Å². The van der Waals surface area contributed by atoms with Gasteiger partial charge in [0.1, 0.15) is 17.3 Å². The van der Waals surface area contributed by atoms with Gasteiger partial charge in [-0.05, 0) is 43.0 Å². The second kappa shape index (κ2) is 7.79. The third-order valence-corrected chi connectivity index (χ3v) is 5.03. The second-order valence-corrected chi connectivity index (χ2v) is 6.98. The van der Waals surface area contributed by atoms with Crippen molar-refractivity contribution in [1.29, 1.82) is 5.26 Å². The summed E-state index contributed by atoms with van der Waals surface area (Å²) in [6, 6.07) is 6.78. The van der Waals surface area contributed by atoms with Crippen LogP contribution in [0.25, 0.3) is 11.3 Å². The van der Waals surface area contributed by atoms with Gasteiger partial charge in [0.15, 0.2) is 5.69 Å². The molecular formula is C18H14ClF3N8. The van der Waals surface area contributed by atoms with Gasteiger partial charge in [-0.3, -0.25) is 0 Å². The Morgan fingerprint density at radius 3 is 2.80 bits per heavy atom. The van der Waals surface area contributed by atoms with Crippen molar-refractivity contribution in [3.63, 3.8) is 0 Å². The molecule has 0 unspecified atom stereocenters. The average molecular weight is 435 g/mol. The summed E-state index contributed by atoms with van der Waals surface area (Å²) in [4.78, 5) is 0. The van der Waals surface area contributed by atoms with Gasteiger partial charge in [0.05, 0.1) is 10.7 Å². The smallest absolute Gasteiger partial charge is 0.359 e. The van der Waals surface area contributed by atoms with Crippen molar-refractivity contribution in [1.82, 2.24) is 30.4 Å². The highest BCUT2D eigenvalue weighted by Gasteiger charge is 2.40. The van der Waals surface area contributed by atoms with Crippen LogP contribution in [0.15, 0.2) is 24.4 Å². The van der Waals surface area contributed by atoms with E-state index >= 15 is 0 Å². The van der Waals surface area contributed by atoms with Crippen molar-refractivity contribution >= 4 is 22.9 Å². The summed E-state index contributed by atoms with van der Waals surface area (Å²) < 4.78 is 42.0. The molecule has 0 spiro atoms. The molecule has 4 rings (SSSR count). The summed E-state index contributed by atoms with van der Waals surface area (Å²) in [7, 11) is 0. The van der Waals surface area contributed by atoms with Gasteiger partial charge in [-0.1, -0.05) is 17.7 Å². The zero-order valence-electron chi connectivity index (χ0n) is 15.3. The summed E-state index contributed by atoms with van der Waals surface area (Å²) >= 11 is 6.37. The maximum Gasteiger partial charge on any atom is 0.435 e. The Morgan fingerprint density at radius 1 is 1.30 bits per heavy atom. The number of nitrogens with zero attached hydrogens (tertiary/aromatic N) is 6. The number of allylic oxidation sites excluding steroid dienone is 1. The maximum absolute atomic E-state index is 13.6. The van der Waals surface area contributed by atoms with Crippen LogP contribution in [0.2, 0.25) is 5.02 Å². The molecule has 1 aliphatic rings. The fourth-order valence-electron chi connectivity index (χ4n) is 3.43. The number of hydrogen-bond acceptors (Lipinski definition) is 6. The minimum Gasteiger partial charge on any atom is -0.359 e. The Hall–Kier alpha value is -3.39. The monoisotopic (exact) mass is 434 g/mol. The summed E-state index contributed by atoms with van der Waals surface area (Å²) in [5.74, 6) is 0.0735. The number of aromatic nitrogens is 6. The number of alkyl halides is 3. The molecule has 0 atom stereocenters. The van der Waals surface area contributed by atoms with Gasteiger partial charge in [-0.15, -0.1) is 10.2 Å². The van der Waals surface area contributed by atoms with Crippen molar-refractivity contribution in [2.75, 3.05) is 5.32 Å². The number of hydrogen-bond donors (Lipinski definition) is 2. The summed E-state index contributed by atoms with van der Waals surface area (Å²) in [6.45, 7) is 0. The molecule has 1 aliphatic carbocycles. The van der Waals surface area contributed by atoms with Crippen LogP contribution < -0.4 is 5.32 Å². The largest absolute Gasteiger partial charge is 0.435 e. The predicted molar refractivity (Wildman–Crippen MR) is 102 cm³/mol. The molecule has 2 N–H and O–H groups in total. The molecule has 0 saturated heterocycles. The molecular weight excluding hydrogens is 421 g/mol. The molecule has 0 amide bonds. The number of benzene rings is 1. The summed E-state index contributed by atoms with van der Waals surface area (Å²) in [6.07, 6.45) is -1.01. The molecule has 0 radical (unpaired) electrons. The van der Waals surface area contributed by atoms with Gasteiger partial charge >= 0.3 is 6.18 Å². The first-order valence-electron chi connectivity index (χ1n) is 8.97. The molecule has 2 aromatic heterocycles. The van der Waals surface area contributed by atoms with Crippen molar-refractivity contribution in [3.05, 3.63) is 52.2 Å². The summed E-state index contributed by atoms with van der Waals surface area (Å²) in [5, 5.41) is 29.5. The van der Waals surface area contributed by atoms with E-state index in [1.165, 1.54) is 10.9 Å². The van der Waals surface area contributed by atoms with E-state index in [-0.39, 0.29) is 27.7 Å². The van der Waals surface area contributed by atoms with E-state index in [0.29, 0.717) is 30.6 Å². The lowest BCUT2D eigenvalue weighted by Gasteiger charge is -2.17. The number of nitrogens with one attached hydrogen (secondary N) is 2. The molecule has 0 saturated carbocycles. The van der Waals surface area contributed by atoms with Crippen LogP contribution in [-0.2, 0) is 19.0 Å². The second-order valence-electron chi connectivity index (χ2n) is 6.58. The molecule has 154 valence electrons. The Kier molecular flexibility index (Phi) is 5.17. The van der Waals surface area contributed by atoms with E-state index in [1.54, 1.807) is 18.2 Å². The van der Waals surface area contributed by atoms with Crippen molar-refractivity contribution in [3.8, 4) is 11.8 Å². The molecule has 8 nitrogen and oxygen atoms in total. The molecule has 0 bridgehead atoms. The molecule has 2 heterocycles. The quantitative estimate of drug-likeness (QED) is 0.603. The predicted octanol–water partition coefficient (Wildman–Crippen LogP) is 3.91. The lowest BCUT2D eigenvalue weighted by Crippen LogP contribution is -2.11. The highest BCUT2D eigenvalue weighted by atomic mass is 35.5. The van der Waals surface area contributed by atoms with Crippen LogP contribution in [0.5, 0.6) is 0 Å². The average Bonchev–Trinajstić information content (AvgIpc) is 3.37. The molecule has 12 heteroatoms. The standard InChI is InChI=1S/C18H14ClF3N8/c19-12-5-3-6-13(24-9-10(8-23)17-25-28-29-26-17)15(12)30-14-7-2-1-4-11(14)16(27-30)18(20,21)22/h3,5-6,9,24H,1-2,4,7H2,(H,25,26,28,29). The van der Waals surface area contributed by atoms with Gasteiger partial charge in [0.2, 0.25) is 5.82 Å². The number of halogens is 4. The van der Waals surface area contributed by atoms with Crippen molar-refractivity contribution in [2.45, 2.75) is 31.9 Å². The van der Waals surface area contributed by atoms with Gasteiger partial charge in [-0.25, -0.2) is 4.68 Å². The number of fused-ring (bicyclic) bond motifs is 1. The fraction of sp³-hybridized carbons (Fsp3) is 0.278. The number of anilines is 1. The SMILES string of the molecule is N#CC(=CNc1cccc(Cl)c1-n1nc(C(F)(F)F)c2c1CCCC2)c1nn[nH]n1. The van der Waals surface area contributed by atoms with Crippen LogP contribution in [0.4, 0.5) is 18.9 Å². The zero-order valence-corrected chi connectivity index (χ0v) is 16.1. The highest BCUT2D eigenvalue weighted by Crippen LogP contribution is 2.39. The highest BCUT2D eigenvalue weighted by molar-refractivity contribution is 6.33. The summed E-state index contributed by atoms with van der Waals surface area (Å²) in [5.41, 5.74) is 0.543. The number of nitriles is 1. The topological polar surface area (TPSA) is 108 Å². The molecule has 0 fully saturated rings. The van der Waals surface area contributed by atoms with E-state index in [4.69, 9.17) is 11.6 Å². The number of H-pyrrole nitrogens is 1. The van der Waals surface area contributed by atoms with Crippen molar-refractivity contribution in [2.24, 2.45) is 0 Å². The first-order valence-corrected chi connectivity index (χ1v) is 9.35. The first kappa shape index (κ1) is 19.9. The number of rotatable bonds is 4. The molecule has 0 aliphatic heterocycles. The van der Waals surface area contributed by atoms with E-state index in [2.05, 4.69) is 31.0 Å². The minimum atomic E-state index is -4.56.